The Hall–Kier alpha value is -1.71. The van der Waals surface area contributed by atoms with Crippen molar-refractivity contribution in [1.29, 1.82) is 0 Å². The minimum Gasteiger partial charge on any atom is -0.396 e. The van der Waals surface area contributed by atoms with Gasteiger partial charge in [0, 0.05) is 43.7 Å². The van der Waals surface area contributed by atoms with Crippen molar-refractivity contribution in [3.05, 3.63) is 25.3 Å². The molecule has 0 aliphatic carbocycles. The molecule has 1 N–H and O–H groups in total. The summed E-state index contributed by atoms with van der Waals surface area (Å²) in [4.78, 5) is 47.9. The molecule has 0 aromatic heterocycles. The van der Waals surface area contributed by atoms with Gasteiger partial charge in [-0.2, -0.15) is 0 Å². The average molecular weight is 611 g/mol. The van der Waals surface area contributed by atoms with Crippen molar-refractivity contribution in [1.82, 2.24) is 14.7 Å². The zero-order chi connectivity index (χ0) is 28.7. The fourth-order valence-electron chi connectivity index (χ4n) is 6.96. The lowest BCUT2D eigenvalue weighted by Gasteiger charge is -2.39. The van der Waals surface area contributed by atoms with Gasteiger partial charge in [0.25, 0.3) is 0 Å². The third-order valence-corrected chi connectivity index (χ3v) is 9.46. The highest BCUT2D eigenvalue weighted by atomic mass is 79.9. The minimum atomic E-state index is -1.05. The number of carbonyl (C=O) groups is 3. The molecule has 0 aromatic rings. The molecule has 0 radical (unpaired) electrons. The van der Waals surface area contributed by atoms with E-state index >= 15 is 0 Å². The van der Waals surface area contributed by atoms with E-state index in [2.05, 4.69) is 36.0 Å². The van der Waals surface area contributed by atoms with Gasteiger partial charge in [-0.25, -0.2) is 0 Å². The van der Waals surface area contributed by atoms with E-state index < -0.39 is 29.6 Å². The van der Waals surface area contributed by atoms with Gasteiger partial charge in [-0.05, 0) is 39.0 Å². The molecular weight excluding hydrogens is 562 g/mol. The van der Waals surface area contributed by atoms with Gasteiger partial charge < -0.3 is 24.5 Å². The molecule has 3 rings (SSSR count). The third kappa shape index (κ3) is 6.15. The number of nitrogens with zero attached hydrogens (tertiary/aromatic N) is 3. The number of carbonyl (C=O) groups excluding carboxylic acids is 3. The monoisotopic (exact) mass is 609 g/mol. The van der Waals surface area contributed by atoms with Crippen LogP contribution in [-0.2, 0) is 19.1 Å². The number of likely N-dealkylation sites (tertiary alicyclic amines) is 1. The van der Waals surface area contributed by atoms with Crippen molar-refractivity contribution >= 4 is 33.7 Å². The van der Waals surface area contributed by atoms with Crippen LogP contribution in [0, 0.1) is 11.8 Å². The first-order valence-corrected chi connectivity index (χ1v) is 15.7. The minimum absolute atomic E-state index is 0.0131. The molecule has 8 nitrogen and oxygen atoms in total. The number of hydrogen-bond donors (Lipinski definition) is 1. The molecule has 3 saturated heterocycles. The zero-order valence-electron chi connectivity index (χ0n) is 24.0. The number of hydrogen-bond acceptors (Lipinski definition) is 5. The Bertz CT molecular complexity index is 900. The lowest BCUT2D eigenvalue weighted by molar-refractivity contribution is -0.150. The molecule has 9 heteroatoms. The summed E-state index contributed by atoms with van der Waals surface area (Å²) in [5.41, 5.74) is -1.05. The lowest BCUT2D eigenvalue weighted by Crippen LogP contribution is -2.58. The highest BCUT2D eigenvalue weighted by Gasteiger charge is 2.76. The molecule has 7 atom stereocenters. The second-order valence-corrected chi connectivity index (χ2v) is 12.5. The normalized spacial score (nSPS) is 29.8. The van der Waals surface area contributed by atoms with E-state index in [-0.39, 0.29) is 35.2 Å². The van der Waals surface area contributed by atoms with Crippen LogP contribution in [0.2, 0.25) is 0 Å². The molecule has 3 fully saturated rings. The van der Waals surface area contributed by atoms with Crippen LogP contribution in [0.1, 0.15) is 72.1 Å². The van der Waals surface area contributed by atoms with E-state index in [9.17, 15) is 14.4 Å². The largest absolute Gasteiger partial charge is 0.396 e. The molecule has 1 spiro atoms. The second-order valence-electron chi connectivity index (χ2n) is 11.3. The summed E-state index contributed by atoms with van der Waals surface area (Å²) >= 11 is 3.77. The predicted molar refractivity (Wildman–Crippen MR) is 156 cm³/mol. The highest BCUT2D eigenvalue weighted by molar-refractivity contribution is 9.09. The maximum atomic E-state index is 14.4. The fourth-order valence-corrected chi connectivity index (χ4v) is 7.91. The van der Waals surface area contributed by atoms with Crippen LogP contribution in [-0.4, -0.2) is 98.9 Å². The number of amides is 3. The molecule has 3 amide bonds. The van der Waals surface area contributed by atoms with E-state index in [1.165, 1.54) is 0 Å². The van der Waals surface area contributed by atoms with Gasteiger partial charge in [0.15, 0.2) is 0 Å². The molecule has 3 aliphatic heterocycles. The molecule has 0 saturated carbocycles. The van der Waals surface area contributed by atoms with Gasteiger partial charge in [0.1, 0.15) is 11.6 Å². The smallest absolute Gasteiger partial charge is 0.248 e. The van der Waals surface area contributed by atoms with E-state index in [0.29, 0.717) is 39.0 Å². The van der Waals surface area contributed by atoms with E-state index in [1.54, 1.807) is 22.0 Å². The van der Waals surface area contributed by atoms with E-state index in [0.717, 1.165) is 38.5 Å². The van der Waals surface area contributed by atoms with Crippen molar-refractivity contribution < 1.29 is 24.2 Å². The number of fused-ring (bicyclic) bond motifs is 1. The summed E-state index contributed by atoms with van der Waals surface area (Å²) in [7, 11) is 0. The summed E-state index contributed by atoms with van der Waals surface area (Å²) in [6, 6.07) is -0.796. The first-order valence-electron chi connectivity index (χ1n) is 14.8. The summed E-state index contributed by atoms with van der Waals surface area (Å²) in [6.45, 7) is 15.8. The predicted octanol–water partition coefficient (Wildman–Crippen LogP) is 3.91. The second kappa shape index (κ2) is 14.3. The number of halogens is 1. The van der Waals surface area contributed by atoms with Crippen molar-refractivity contribution in [3.8, 4) is 0 Å². The zero-order valence-corrected chi connectivity index (χ0v) is 25.6. The van der Waals surface area contributed by atoms with Crippen LogP contribution in [0.25, 0.3) is 0 Å². The Labute approximate surface area is 242 Å². The molecule has 3 aliphatic rings. The average Bonchev–Trinajstić information content (AvgIpc) is 3.49. The first kappa shape index (κ1) is 31.8. The molecule has 0 aromatic carbocycles. The van der Waals surface area contributed by atoms with Crippen molar-refractivity contribution in [3.63, 3.8) is 0 Å². The third-order valence-electron chi connectivity index (χ3n) is 8.62. The van der Waals surface area contributed by atoms with Crippen LogP contribution >= 0.6 is 15.9 Å². The summed E-state index contributed by atoms with van der Waals surface area (Å²) in [5.74, 6) is -1.69. The lowest BCUT2D eigenvalue weighted by atomic mass is 9.70. The number of aliphatic hydroxyl groups excluding tert-OH is 1. The van der Waals surface area contributed by atoms with Gasteiger partial charge in [-0.15, -0.1) is 13.2 Å². The molecule has 3 heterocycles. The number of unbranched alkanes of at least 4 members (excludes halogenated alkanes) is 3. The molecule has 39 heavy (non-hydrogen) atoms. The van der Waals surface area contributed by atoms with Crippen molar-refractivity contribution in [2.24, 2.45) is 11.8 Å². The van der Waals surface area contributed by atoms with E-state index in [4.69, 9.17) is 9.84 Å². The van der Waals surface area contributed by atoms with Crippen LogP contribution < -0.4 is 0 Å². The summed E-state index contributed by atoms with van der Waals surface area (Å²) in [6.07, 6.45) is 9.23. The molecule has 4 unspecified atom stereocenters. The standard InChI is InChI=1S/C30H48BrN3O5/c1-6-14-21(5)33(17-9-4)29(38)26-30-20-22(31)25(39-30)23(27(36)32(15-7-2)16-8-3)24(30)28(37)34(26)18-12-10-11-13-19-35/h7,9,21-26,35H,2,4,6,8,10-20H2,1,3,5H3/t21?,22?,23-,24+,25-,26?,30?/m1/s1. The quantitative estimate of drug-likeness (QED) is 0.153. The number of aliphatic hydroxyl groups is 1. The Morgan fingerprint density at radius 1 is 1.15 bits per heavy atom. The van der Waals surface area contributed by atoms with Gasteiger partial charge in [-0.3, -0.25) is 14.4 Å². The molecule has 220 valence electrons. The first-order chi connectivity index (χ1) is 18.7. The topological polar surface area (TPSA) is 90.4 Å². The number of alkyl halides is 1. The van der Waals surface area contributed by atoms with Gasteiger partial charge in [-0.1, -0.05) is 61.2 Å². The molecular formula is C30H48BrN3O5. The van der Waals surface area contributed by atoms with Gasteiger partial charge in [0.2, 0.25) is 17.7 Å². The van der Waals surface area contributed by atoms with Crippen molar-refractivity contribution in [2.75, 3.05) is 32.8 Å². The maximum absolute atomic E-state index is 14.4. The highest BCUT2D eigenvalue weighted by Crippen LogP contribution is 2.60. The fraction of sp³-hybridized carbons (Fsp3) is 0.767. The maximum Gasteiger partial charge on any atom is 0.248 e. The number of rotatable bonds is 17. The Balaban J connectivity index is 2.02. The van der Waals surface area contributed by atoms with E-state index in [1.807, 2.05) is 18.7 Å². The van der Waals surface area contributed by atoms with Crippen molar-refractivity contribution in [2.45, 2.75) is 101 Å². The van der Waals surface area contributed by atoms with Gasteiger partial charge in [0.05, 0.1) is 17.9 Å². The van der Waals surface area contributed by atoms with Crippen LogP contribution in [0.3, 0.4) is 0 Å². The van der Waals surface area contributed by atoms with Crippen LogP contribution in [0.5, 0.6) is 0 Å². The Morgan fingerprint density at radius 3 is 2.46 bits per heavy atom. The number of ether oxygens (including phenoxy) is 1. The summed E-state index contributed by atoms with van der Waals surface area (Å²) in [5, 5.41) is 9.16. The summed E-state index contributed by atoms with van der Waals surface area (Å²) < 4.78 is 6.69. The molecule has 2 bridgehead atoms. The SMILES string of the molecule is C=CCN(CCC)C(=O)[C@H]1[C@@H]2OC3(CC2Br)C(C(=O)N(CC=C)C(C)CCC)N(CCCCCCO)C(=O)[C@H]13. The Kier molecular flexibility index (Phi) is 11.6. The van der Waals surface area contributed by atoms with Crippen LogP contribution in [0.4, 0.5) is 0 Å². The Morgan fingerprint density at radius 2 is 1.85 bits per heavy atom. The van der Waals surface area contributed by atoms with Crippen LogP contribution in [0.15, 0.2) is 25.3 Å². The van der Waals surface area contributed by atoms with Gasteiger partial charge >= 0.3 is 0 Å².